The third-order valence-electron chi connectivity index (χ3n) is 8.42. The van der Waals surface area contributed by atoms with Crippen molar-refractivity contribution in [2.45, 2.75) is 97.4 Å². The normalized spacial score (nSPS) is 13.5. The average molecular weight is 787 g/mol. The summed E-state index contributed by atoms with van der Waals surface area (Å²) < 4.78 is 10.7. The molecular weight excluding hydrogens is 728 g/mol. The molecule has 310 valence electrons. The number of carbonyl (C=O) groups is 8. The topological polar surface area (TPSA) is 239 Å². The van der Waals surface area contributed by atoms with Crippen LogP contribution in [-0.2, 0) is 40.1 Å². The predicted octanol–water partition coefficient (Wildman–Crippen LogP) is 2.62. The van der Waals surface area contributed by atoms with Crippen molar-refractivity contribution < 1.29 is 47.8 Å². The zero-order valence-corrected chi connectivity index (χ0v) is 33.5. The third-order valence-corrected chi connectivity index (χ3v) is 8.42. The molecule has 1 aliphatic heterocycles. The van der Waals surface area contributed by atoms with Crippen LogP contribution in [0.1, 0.15) is 78.7 Å². The summed E-state index contributed by atoms with van der Waals surface area (Å²) in [5.74, 6) is -2.48. The Hall–Kier alpha value is -5.68. The summed E-state index contributed by atoms with van der Waals surface area (Å²) in [6.45, 7) is 9.65. The summed E-state index contributed by atoms with van der Waals surface area (Å²) in [5, 5.41) is 10.7. The van der Waals surface area contributed by atoms with Gasteiger partial charge in [-0.15, -0.1) is 0 Å². The van der Waals surface area contributed by atoms with Gasteiger partial charge >= 0.3 is 18.2 Å². The number of anilines is 1. The minimum Gasteiger partial charge on any atom is -0.445 e. The van der Waals surface area contributed by atoms with E-state index < -0.39 is 47.7 Å². The van der Waals surface area contributed by atoms with Crippen LogP contribution < -0.4 is 27.0 Å². The monoisotopic (exact) mass is 786 g/mol. The van der Waals surface area contributed by atoms with E-state index in [-0.39, 0.29) is 69.3 Å². The number of benzene rings is 1. The largest absolute Gasteiger partial charge is 0.445 e. The minimum atomic E-state index is -1.04. The molecular formula is C38H58N8O10. The fourth-order valence-corrected chi connectivity index (χ4v) is 5.20. The summed E-state index contributed by atoms with van der Waals surface area (Å²) >= 11 is 0. The number of rotatable bonds is 21. The Morgan fingerprint density at radius 3 is 2.00 bits per heavy atom. The van der Waals surface area contributed by atoms with Crippen molar-refractivity contribution >= 4 is 53.4 Å². The minimum absolute atomic E-state index is 0.0501. The van der Waals surface area contributed by atoms with E-state index in [2.05, 4.69) is 21.3 Å². The SMILES string of the molecule is CC(C)[C@@H](NC(=O)CCCCCN1C(=O)C=CC1=O)C(=O)N[C@H](CCCNC(N)=O)C(=O)Nc1ccc(COC(=O)N(C)CCN(C)C(=O)OC(C)(C)C)cc1. The van der Waals surface area contributed by atoms with Gasteiger partial charge in [0.15, 0.2) is 0 Å². The Kier molecular flexibility index (Phi) is 18.8. The number of primary amides is 1. The number of hydrogen-bond donors (Lipinski definition) is 5. The second-order valence-corrected chi connectivity index (χ2v) is 14.8. The lowest BCUT2D eigenvalue weighted by molar-refractivity contribution is -0.137. The number of amides is 9. The van der Waals surface area contributed by atoms with Gasteiger partial charge in [-0.3, -0.25) is 28.9 Å². The number of nitrogens with zero attached hydrogens (tertiary/aromatic N) is 3. The number of hydrogen-bond acceptors (Lipinski definition) is 10. The van der Waals surface area contributed by atoms with E-state index in [9.17, 15) is 38.4 Å². The van der Waals surface area contributed by atoms with Gasteiger partial charge in [-0.05, 0) is 70.1 Å². The lowest BCUT2D eigenvalue weighted by Gasteiger charge is -2.26. The standard InChI is InChI=1S/C38H58N8O10/c1-25(2)32(43-29(47)13-9-8-10-21-46-30(48)18-19-31(46)49)34(51)42-28(12-11-20-40-35(39)52)33(50)41-27-16-14-26(15-17-27)24-55-36(53)44(6)22-23-45(7)37(54)56-38(3,4)5/h14-19,25,28,32H,8-13,20-24H2,1-7H3,(H,41,50)(H,42,51)(H,43,47)(H3,39,40,52)/t28-,32-/m1/s1. The Labute approximate surface area is 328 Å². The van der Waals surface area contributed by atoms with Gasteiger partial charge in [-0.2, -0.15) is 0 Å². The molecule has 2 atom stereocenters. The maximum Gasteiger partial charge on any atom is 0.410 e. The number of nitrogens with two attached hydrogens (primary N) is 1. The molecule has 18 heteroatoms. The van der Waals surface area contributed by atoms with Crippen LogP contribution in [0, 0.1) is 5.92 Å². The molecule has 0 aliphatic carbocycles. The van der Waals surface area contributed by atoms with Gasteiger partial charge in [-0.25, -0.2) is 14.4 Å². The van der Waals surface area contributed by atoms with Crippen LogP contribution in [0.5, 0.6) is 0 Å². The van der Waals surface area contributed by atoms with Crippen molar-refractivity contribution in [2.75, 3.05) is 45.6 Å². The van der Waals surface area contributed by atoms with Crippen LogP contribution in [0.2, 0.25) is 0 Å². The van der Waals surface area contributed by atoms with E-state index in [1.165, 1.54) is 22.0 Å². The molecule has 2 rings (SSSR count). The molecule has 1 aromatic rings. The van der Waals surface area contributed by atoms with Crippen molar-refractivity contribution in [2.24, 2.45) is 11.7 Å². The Bertz CT molecular complexity index is 1560. The Balaban J connectivity index is 1.92. The number of carbonyl (C=O) groups excluding carboxylic acids is 8. The molecule has 1 aliphatic rings. The maximum absolute atomic E-state index is 13.4. The first-order valence-electron chi connectivity index (χ1n) is 18.7. The van der Waals surface area contributed by atoms with Gasteiger partial charge in [0.1, 0.15) is 24.3 Å². The van der Waals surface area contributed by atoms with Crippen molar-refractivity contribution in [1.82, 2.24) is 30.7 Å². The van der Waals surface area contributed by atoms with Gasteiger partial charge in [0.05, 0.1) is 0 Å². The molecule has 0 saturated heterocycles. The second-order valence-electron chi connectivity index (χ2n) is 14.8. The molecule has 9 amide bonds. The Morgan fingerprint density at radius 2 is 1.43 bits per heavy atom. The van der Waals surface area contributed by atoms with E-state index in [0.29, 0.717) is 36.9 Å². The first-order valence-corrected chi connectivity index (χ1v) is 18.7. The number of unbranched alkanes of at least 4 members (excludes halogenated alkanes) is 2. The fraction of sp³-hybridized carbons (Fsp3) is 0.579. The molecule has 0 saturated carbocycles. The van der Waals surface area contributed by atoms with Crippen LogP contribution in [0.25, 0.3) is 0 Å². The van der Waals surface area contributed by atoms with Crippen LogP contribution in [-0.4, -0.2) is 120 Å². The van der Waals surface area contributed by atoms with Gasteiger partial charge in [0, 0.05) is 64.5 Å². The highest BCUT2D eigenvalue weighted by molar-refractivity contribution is 6.12. The molecule has 18 nitrogen and oxygen atoms in total. The van der Waals surface area contributed by atoms with E-state index >= 15 is 0 Å². The predicted molar refractivity (Wildman–Crippen MR) is 207 cm³/mol. The van der Waals surface area contributed by atoms with E-state index in [4.69, 9.17) is 15.2 Å². The van der Waals surface area contributed by atoms with Crippen LogP contribution in [0.15, 0.2) is 36.4 Å². The molecule has 1 heterocycles. The van der Waals surface area contributed by atoms with Crippen molar-refractivity contribution in [3.8, 4) is 0 Å². The highest BCUT2D eigenvalue weighted by Gasteiger charge is 2.29. The smallest absolute Gasteiger partial charge is 0.410 e. The molecule has 0 radical (unpaired) electrons. The van der Waals surface area contributed by atoms with Crippen molar-refractivity contribution in [3.63, 3.8) is 0 Å². The van der Waals surface area contributed by atoms with Crippen LogP contribution in [0.4, 0.5) is 20.1 Å². The zero-order chi connectivity index (χ0) is 42.0. The highest BCUT2D eigenvalue weighted by atomic mass is 16.6. The summed E-state index contributed by atoms with van der Waals surface area (Å²) in [6.07, 6.45) is 3.52. The molecule has 0 aromatic heterocycles. The van der Waals surface area contributed by atoms with Crippen LogP contribution >= 0.6 is 0 Å². The lowest BCUT2D eigenvalue weighted by atomic mass is 10.0. The van der Waals surface area contributed by atoms with Gasteiger partial charge in [-0.1, -0.05) is 32.4 Å². The molecule has 0 spiro atoms. The number of ether oxygens (including phenoxy) is 2. The van der Waals surface area contributed by atoms with E-state index in [0.717, 1.165) is 4.90 Å². The first kappa shape index (κ1) is 46.5. The number of nitrogens with one attached hydrogen (secondary N) is 4. The van der Waals surface area contributed by atoms with Crippen LogP contribution in [0.3, 0.4) is 0 Å². The summed E-state index contributed by atoms with van der Waals surface area (Å²) in [4.78, 5) is 103. The van der Waals surface area contributed by atoms with E-state index in [1.54, 1.807) is 73.0 Å². The number of imide groups is 1. The van der Waals surface area contributed by atoms with Crippen molar-refractivity contribution in [3.05, 3.63) is 42.0 Å². The second kappa shape index (κ2) is 22.6. The maximum atomic E-state index is 13.4. The molecule has 0 fully saturated rings. The quantitative estimate of drug-likeness (QED) is 0.0902. The fourth-order valence-electron chi connectivity index (χ4n) is 5.20. The number of likely N-dealkylation sites (N-methyl/N-ethyl adjacent to an activating group) is 2. The summed E-state index contributed by atoms with van der Waals surface area (Å²) in [7, 11) is 3.13. The van der Waals surface area contributed by atoms with Gasteiger partial charge < -0.3 is 46.3 Å². The first-order chi connectivity index (χ1) is 26.3. The summed E-state index contributed by atoms with van der Waals surface area (Å²) in [6, 6.07) is 3.85. The highest BCUT2D eigenvalue weighted by Crippen LogP contribution is 2.14. The van der Waals surface area contributed by atoms with Gasteiger partial charge in [0.2, 0.25) is 17.7 Å². The lowest BCUT2D eigenvalue weighted by Crippen LogP contribution is -2.54. The van der Waals surface area contributed by atoms with E-state index in [1.807, 2.05) is 0 Å². The zero-order valence-electron chi connectivity index (χ0n) is 33.5. The third kappa shape index (κ3) is 17.2. The van der Waals surface area contributed by atoms with Gasteiger partial charge in [0.25, 0.3) is 11.8 Å². The molecule has 1 aromatic carbocycles. The van der Waals surface area contributed by atoms with Crippen molar-refractivity contribution in [1.29, 1.82) is 0 Å². The Morgan fingerprint density at radius 1 is 0.821 bits per heavy atom. The average Bonchev–Trinajstić information content (AvgIpc) is 3.44. The summed E-state index contributed by atoms with van der Waals surface area (Å²) in [5.41, 5.74) is 5.57. The molecule has 0 unspecified atom stereocenters. The number of urea groups is 1. The molecule has 6 N–H and O–H groups in total. The molecule has 0 bridgehead atoms. The molecule has 56 heavy (non-hydrogen) atoms.